The smallest absolute Gasteiger partial charge is 0.131 e. The number of rotatable bonds is 6. The van der Waals surface area contributed by atoms with E-state index in [9.17, 15) is 9.13 Å². The highest BCUT2D eigenvalue weighted by atomic mass is 31.2. The Morgan fingerprint density at radius 1 is 0.293 bits per heavy atom. The molecule has 2 N–H and O–H groups in total. The fourth-order valence-corrected chi connectivity index (χ4v) is 12.5. The first kappa shape index (κ1) is 59.6. The van der Waals surface area contributed by atoms with E-state index in [0.717, 1.165) is 0 Å². The Hall–Kier alpha value is -4.60. The lowest BCUT2D eigenvalue weighted by Crippen LogP contribution is -2.25. The molecule has 1 aliphatic rings. The van der Waals surface area contributed by atoms with Crippen LogP contribution in [0, 0.1) is 20.9 Å². The van der Waals surface area contributed by atoms with Crippen LogP contribution in [0.15, 0.2) is 97.1 Å². The van der Waals surface area contributed by atoms with Crippen molar-refractivity contribution < 1.29 is 23.2 Å². The zero-order chi connectivity index (χ0) is 56.7. The Morgan fingerprint density at radius 3 is 0.680 bits per heavy atom. The first-order valence-corrected chi connectivity index (χ1v) is 29.2. The summed E-state index contributed by atoms with van der Waals surface area (Å²) in [7, 11) is -5.85. The quantitative estimate of drug-likeness (QED) is 0.162. The molecule has 5 nitrogen and oxygen atoms in total. The van der Waals surface area contributed by atoms with Crippen molar-refractivity contribution in [3.8, 4) is 44.5 Å². The summed E-state index contributed by atoms with van der Waals surface area (Å²) in [6.07, 6.45) is 0. The van der Waals surface area contributed by atoms with E-state index < -0.39 is 16.5 Å². The van der Waals surface area contributed by atoms with Crippen LogP contribution in [0.3, 0.4) is 0 Å². The topological polar surface area (TPSA) is 83.8 Å². The van der Waals surface area contributed by atoms with Gasteiger partial charge in [-0.15, -0.1) is 9.79 Å². The van der Waals surface area contributed by atoms with Crippen LogP contribution in [0.4, 0.5) is 0 Å². The molecule has 0 saturated carbocycles. The second-order valence-electron chi connectivity index (χ2n) is 29.3. The molecule has 7 heteroatoms. The first-order valence-electron chi connectivity index (χ1n) is 26.9. The fourth-order valence-electron chi connectivity index (χ4n) is 12.1. The predicted molar refractivity (Wildman–Crippen MR) is 320 cm³/mol. The average Bonchev–Trinajstić information content (AvgIpc) is 3.23. The van der Waals surface area contributed by atoms with Gasteiger partial charge in [0, 0.05) is 9.13 Å². The van der Waals surface area contributed by atoms with Gasteiger partial charge in [0.25, 0.3) is 0 Å². The molecule has 6 aromatic carbocycles. The number of fused-ring (bicyclic) bond motifs is 2. The van der Waals surface area contributed by atoms with Crippen LogP contribution in [0.25, 0.3) is 44.5 Å². The molecule has 0 amide bonds. The maximum absolute atomic E-state index is 9.39. The standard InChI is InChI=1S/C68H88.O5P2/c1-61(2,3)47-37-27-33-43(57(47)65(13,14)15)53-51-41-31-25-26-32-42(41)52(51)54(44-34-28-38-48(62(4,5)6)58(44)66(16,17)18)56(46-36-30-40-50(64(10,11)12)60(46)68(22,23)24)55(53)45-35-29-39-49(63(7,8)9)59(45)67(19,20)21;1-6(2)5-7(3)4/h25-40H,1-24H3;/p+2. The normalized spacial score (nSPS) is 13.8. The zero-order valence-electron chi connectivity index (χ0n) is 50.3. The lowest BCUT2D eigenvalue weighted by atomic mass is 9.65. The minimum atomic E-state index is -2.92. The third-order valence-electron chi connectivity index (χ3n) is 14.7. The van der Waals surface area contributed by atoms with E-state index in [0.29, 0.717) is 0 Å². The monoisotopic (exact) mass is 1050 g/mol. The Bertz CT molecular complexity index is 3190. The van der Waals surface area contributed by atoms with E-state index in [4.69, 9.17) is 9.79 Å². The van der Waals surface area contributed by atoms with E-state index in [1.54, 1.807) is 0 Å². The van der Waals surface area contributed by atoms with Crippen LogP contribution in [0.1, 0.15) is 211 Å². The Morgan fingerprint density at radius 2 is 0.507 bits per heavy atom. The van der Waals surface area contributed by atoms with Gasteiger partial charge in [0.15, 0.2) is 4.31 Å². The second-order valence-corrected chi connectivity index (χ2v) is 30.9. The molecular formula is C68H90O5P2+2. The minimum absolute atomic E-state index is 0.0786. The van der Waals surface area contributed by atoms with Crippen molar-refractivity contribution in [3.05, 3.63) is 162 Å². The largest absolute Gasteiger partial charge is 0.745 e. The maximum Gasteiger partial charge on any atom is 0.745 e. The van der Waals surface area contributed by atoms with Gasteiger partial charge in [0.05, 0.1) is 0 Å². The van der Waals surface area contributed by atoms with Gasteiger partial charge in [0.2, 0.25) is 0 Å². The van der Waals surface area contributed by atoms with E-state index in [2.05, 4.69) is 268 Å². The van der Waals surface area contributed by atoms with Gasteiger partial charge in [0.1, 0.15) is 0 Å². The minimum Gasteiger partial charge on any atom is -0.131 e. The summed E-state index contributed by atoms with van der Waals surface area (Å²) in [6.45, 7) is 58.2. The van der Waals surface area contributed by atoms with Gasteiger partial charge >= 0.3 is 16.5 Å². The summed E-state index contributed by atoms with van der Waals surface area (Å²) in [4.78, 5) is 15.3. The van der Waals surface area contributed by atoms with Crippen LogP contribution >= 0.6 is 16.5 Å². The van der Waals surface area contributed by atoms with Crippen molar-refractivity contribution in [2.75, 3.05) is 0 Å². The van der Waals surface area contributed by atoms with Crippen LogP contribution in [-0.4, -0.2) is 9.79 Å². The Labute approximate surface area is 453 Å². The molecule has 0 radical (unpaired) electrons. The predicted octanol–water partition coefficient (Wildman–Crippen LogP) is 19.9. The molecular weight excluding hydrogens is 959 g/mol. The van der Waals surface area contributed by atoms with Crippen LogP contribution in [0.5, 0.6) is 0 Å². The van der Waals surface area contributed by atoms with Gasteiger partial charge < -0.3 is 0 Å². The maximum atomic E-state index is 9.39. The molecule has 0 saturated heterocycles. The van der Waals surface area contributed by atoms with Gasteiger partial charge in [-0.1, -0.05) is 263 Å². The van der Waals surface area contributed by atoms with Crippen LogP contribution in [0.2, 0.25) is 0 Å². The van der Waals surface area contributed by atoms with Gasteiger partial charge in [-0.3, -0.25) is 0 Å². The van der Waals surface area contributed by atoms with Gasteiger partial charge in [-0.25, -0.2) is 0 Å². The van der Waals surface area contributed by atoms with E-state index >= 15 is 0 Å². The summed E-state index contributed by atoms with van der Waals surface area (Å²) < 4.78 is 22.2. The molecule has 0 aliphatic heterocycles. The molecule has 0 bridgehead atoms. The summed E-state index contributed by atoms with van der Waals surface area (Å²) >= 11 is 0. The zero-order valence-corrected chi connectivity index (χ0v) is 52.0. The fraction of sp³-hybridized carbons (Fsp3) is 0.471. The SMILES string of the molecule is CC(C)(C)c1cccc(-c2c(-c3cccc(C(C)(C)C)c3C(C)(C)C)c(-c3cccc(C(C)(C)C)c3C(C)(C)C)c3c(c2-c2cccc(C(C)(C)C)c2C(C)(C)C)=c2ccccc2=3)c1C(C)(C)C.O=[P+](O)O[P+](=O)O. The highest BCUT2D eigenvalue weighted by molar-refractivity contribution is 7.46. The molecule has 0 heterocycles. The molecule has 2 unspecified atom stereocenters. The molecule has 1 aliphatic carbocycles. The van der Waals surface area contributed by atoms with E-state index in [-0.39, 0.29) is 43.3 Å². The van der Waals surface area contributed by atoms with Crippen molar-refractivity contribution >= 4 is 16.5 Å². The first-order chi connectivity index (χ1) is 34.0. The van der Waals surface area contributed by atoms with Gasteiger partial charge in [-0.2, -0.15) is 0 Å². The molecule has 6 aromatic rings. The molecule has 0 fully saturated rings. The highest BCUT2D eigenvalue weighted by Crippen LogP contribution is 2.57. The third-order valence-corrected chi connectivity index (χ3v) is 15.8. The average molecular weight is 1050 g/mol. The van der Waals surface area contributed by atoms with Gasteiger partial charge in [-0.05, 0) is 153 Å². The van der Waals surface area contributed by atoms with Crippen molar-refractivity contribution in [1.82, 2.24) is 0 Å². The molecule has 0 spiro atoms. The van der Waals surface area contributed by atoms with Crippen molar-refractivity contribution in [2.24, 2.45) is 0 Å². The summed E-state index contributed by atoms with van der Waals surface area (Å²) in [5, 5.41) is 5.47. The lowest BCUT2D eigenvalue weighted by Gasteiger charge is -2.38. The Kier molecular flexibility index (Phi) is 16.2. The second kappa shape index (κ2) is 20.3. The number of hydrogen-bond acceptors (Lipinski definition) is 3. The van der Waals surface area contributed by atoms with E-state index in [1.807, 2.05) is 0 Å². The molecule has 2 atom stereocenters. The number of hydrogen-bond donors (Lipinski definition) is 2. The summed E-state index contributed by atoms with van der Waals surface area (Å²) in [6, 6.07) is 38.5. The molecule has 75 heavy (non-hydrogen) atoms. The lowest BCUT2D eigenvalue weighted by molar-refractivity contribution is 0.371. The van der Waals surface area contributed by atoms with Crippen LogP contribution < -0.4 is 0 Å². The number of benzene rings is 6. The molecule has 0 aromatic heterocycles. The summed E-state index contributed by atoms with van der Waals surface area (Å²) in [5.41, 5.74) is 21.2. The highest BCUT2D eigenvalue weighted by Gasteiger charge is 2.39. The molecule has 400 valence electrons. The van der Waals surface area contributed by atoms with Crippen LogP contribution in [-0.2, 0) is 56.8 Å². The summed E-state index contributed by atoms with van der Waals surface area (Å²) in [5.74, 6) is 0. The van der Waals surface area contributed by atoms with E-state index in [1.165, 1.54) is 110 Å². The van der Waals surface area contributed by atoms with Crippen molar-refractivity contribution in [1.29, 1.82) is 0 Å². The Balaban J connectivity index is 0.00000122. The molecule has 7 rings (SSSR count). The third kappa shape index (κ3) is 12.0. The van der Waals surface area contributed by atoms with Crippen molar-refractivity contribution in [2.45, 2.75) is 209 Å². The van der Waals surface area contributed by atoms with Crippen molar-refractivity contribution in [3.63, 3.8) is 0 Å².